The molecule has 0 spiro atoms. The summed E-state index contributed by atoms with van der Waals surface area (Å²) in [5, 5.41) is 0. The van der Waals surface area contributed by atoms with E-state index in [1.165, 1.54) is 33.4 Å². The van der Waals surface area contributed by atoms with Crippen molar-refractivity contribution in [3.8, 4) is 67.5 Å². The number of pyridine rings is 1. The molecule has 1 aliphatic rings. The van der Waals surface area contributed by atoms with Crippen LogP contribution in [-0.2, 0) is 5.41 Å². The molecular weight excluding hydrogens is 693 g/mol. The van der Waals surface area contributed by atoms with Crippen molar-refractivity contribution in [2.75, 3.05) is 0 Å². The summed E-state index contributed by atoms with van der Waals surface area (Å²) in [5.41, 5.74) is 16.3. The van der Waals surface area contributed by atoms with Crippen molar-refractivity contribution < 1.29 is 0 Å². The zero-order valence-corrected chi connectivity index (χ0v) is 31.8. The summed E-state index contributed by atoms with van der Waals surface area (Å²) in [6, 6.07) is 69.0. The Kier molecular flexibility index (Phi) is 8.45. The largest absolute Gasteiger partial charge is 0.258 e. The van der Waals surface area contributed by atoms with Gasteiger partial charge in [0.05, 0.1) is 5.41 Å². The van der Waals surface area contributed by atoms with Gasteiger partial charge in [0.15, 0.2) is 17.5 Å². The maximum atomic E-state index is 5.15. The fourth-order valence-electron chi connectivity index (χ4n) is 8.66. The second-order valence-corrected chi connectivity index (χ2v) is 14.7. The first-order valence-corrected chi connectivity index (χ1v) is 19.4. The van der Waals surface area contributed by atoms with E-state index in [4.69, 9.17) is 19.9 Å². The number of fused-ring (bicyclic) bond motifs is 3. The average molecular weight is 731 g/mol. The molecule has 270 valence electrons. The van der Waals surface area contributed by atoms with E-state index in [0.717, 1.165) is 50.3 Å². The van der Waals surface area contributed by atoms with Gasteiger partial charge in [-0.05, 0) is 76.1 Å². The minimum Gasteiger partial charge on any atom is -0.258 e. The lowest BCUT2D eigenvalue weighted by Gasteiger charge is -2.34. The van der Waals surface area contributed by atoms with Crippen LogP contribution in [0.5, 0.6) is 0 Å². The summed E-state index contributed by atoms with van der Waals surface area (Å²) in [5.74, 6) is 1.87. The maximum absolute atomic E-state index is 5.15. The molecule has 2 heterocycles. The van der Waals surface area contributed by atoms with Crippen LogP contribution in [0.2, 0.25) is 0 Å². The first kappa shape index (κ1) is 34.2. The van der Waals surface area contributed by atoms with Gasteiger partial charge in [0.2, 0.25) is 0 Å². The van der Waals surface area contributed by atoms with Crippen LogP contribution in [0, 0.1) is 13.8 Å². The van der Waals surface area contributed by atoms with Gasteiger partial charge in [0, 0.05) is 33.6 Å². The molecule has 4 nitrogen and oxygen atoms in total. The minimum absolute atomic E-state index is 0.455. The monoisotopic (exact) mass is 730 g/mol. The maximum Gasteiger partial charge on any atom is 0.164 e. The molecule has 2 aromatic heterocycles. The van der Waals surface area contributed by atoms with Crippen LogP contribution >= 0.6 is 0 Å². The van der Waals surface area contributed by atoms with Gasteiger partial charge in [-0.3, -0.25) is 4.98 Å². The van der Waals surface area contributed by atoms with Gasteiger partial charge < -0.3 is 0 Å². The Balaban J connectivity index is 1.09. The Bertz CT molecular complexity index is 2860. The first-order chi connectivity index (χ1) is 28.1. The second-order valence-electron chi connectivity index (χ2n) is 14.7. The van der Waals surface area contributed by atoms with E-state index in [2.05, 4.69) is 165 Å². The summed E-state index contributed by atoms with van der Waals surface area (Å²) >= 11 is 0. The molecule has 0 bridgehead atoms. The Morgan fingerprint density at radius 3 is 1.44 bits per heavy atom. The quantitative estimate of drug-likeness (QED) is 0.164. The van der Waals surface area contributed by atoms with Crippen molar-refractivity contribution in [1.29, 1.82) is 0 Å². The molecule has 0 aliphatic heterocycles. The summed E-state index contributed by atoms with van der Waals surface area (Å²) in [4.78, 5) is 20.0. The topological polar surface area (TPSA) is 51.6 Å². The molecule has 0 fully saturated rings. The van der Waals surface area contributed by atoms with E-state index in [1.807, 2.05) is 43.3 Å². The van der Waals surface area contributed by atoms with Gasteiger partial charge in [0.1, 0.15) is 0 Å². The standard InChI is InChI=1S/C53H38N4/c1-35-26-32-43(36(2)54-35)44-22-12-13-24-47(44)52-56-50(38-16-6-3-7-17-38)55-51(57-52)39-29-27-37(28-30-39)40-31-33-46-45-23-14-15-25-48(45)53(49(46)34-40,41-18-8-4-9-19-41)42-20-10-5-11-21-42/h3-34H,1-2H3. The lowest BCUT2D eigenvalue weighted by Crippen LogP contribution is -2.28. The van der Waals surface area contributed by atoms with Crippen molar-refractivity contribution in [3.05, 3.63) is 228 Å². The molecule has 0 atom stereocenters. The van der Waals surface area contributed by atoms with Gasteiger partial charge in [-0.25, -0.2) is 15.0 Å². The number of nitrogens with zero attached hydrogens (tertiary/aromatic N) is 4. The van der Waals surface area contributed by atoms with Crippen molar-refractivity contribution in [2.24, 2.45) is 0 Å². The van der Waals surface area contributed by atoms with Crippen LogP contribution in [0.3, 0.4) is 0 Å². The highest BCUT2D eigenvalue weighted by atomic mass is 15.0. The van der Waals surface area contributed by atoms with Crippen molar-refractivity contribution in [3.63, 3.8) is 0 Å². The van der Waals surface area contributed by atoms with Crippen LogP contribution in [-0.4, -0.2) is 19.9 Å². The Morgan fingerprint density at radius 1 is 0.316 bits per heavy atom. The Hall–Kier alpha value is -7.30. The predicted octanol–water partition coefficient (Wildman–Crippen LogP) is 12.6. The molecule has 0 saturated carbocycles. The molecule has 10 rings (SSSR count). The molecular formula is C53H38N4. The average Bonchev–Trinajstić information content (AvgIpc) is 3.58. The zero-order valence-electron chi connectivity index (χ0n) is 31.8. The number of aryl methyl sites for hydroxylation is 2. The fourth-order valence-corrected chi connectivity index (χ4v) is 8.66. The van der Waals surface area contributed by atoms with E-state index < -0.39 is 5.41 Å². The highest BCUT2D eigenvalue weighted by molar-refractivity contribution is 5.89. The third kappa shape index (κ3) is 5.85. The van der Waals surface area contributed by atoms with Crippen LogP contribution in [0.1, 0.15) is 33.6 Å². The summed E-state index contributed by atoms with van der Waals surface area (Å²) in [7, 11) is 0. The molecule has 0 N–H and O–H groups in total. The minimum atomic E-state index is -0.455. The van der Waals surface area contributed by atoms with Crippen molar-refractivity contribution >= 4 is 0 Å². The number of hydrogen-bond donors (Lipinski definition) is 0. The Morgan fingerprint density at radius 2 is 0.789 bits per heavy atom. The van der Waals surface area contributed by atoms with E-state index in [9.17, 15) is 0 Å². The van der Waals surface area contributed by atoms with E-state index in [-0.39, 0.29) is 0 Å². The van der Waals surface area contributed by atoms with Gasteiger partial charge >= 0.3 is 0 Å². The van der Waals surface area contributed by atoms with Gasteiger partial charge in [-0.15, -0.1) is 0 Å². The summed E-state index contributed by atoms with van der Waals surface area (Å²) < 4.78 is 0. The third-order valence-corrected chi connectivity index (χ3v) is 11.3. The predicted molar refractivity (Wildman–Crippen MR) is 232 cm³/mol. The highest BCUT2D eigenvalue weighted by Gasteiger charge is 2.46. The van der Waals surface area contributed by atoms with Crippen LogP contribution in [0.15, 0.2) is 194 Å². The normalized spacial score (nSPS) is 12.5. The van der Waals surface area contributed by atoms with Crippen molar-refractivity contribution in [1.82, 2.24) is 19.9 Å². The van der Waals surface area contributed by atoms with Crippen molar-refractivity contribution in [2.45, 2.75) is 19.3 Å². The van der Waals surface area contributed by atoms with Gasteiger partial charge in [-0.2, -0.15) is 0 Å². The molecule has 0 amide bonds. The van der Waals surface area contributed by atoms with Crippen LogP contribution in [0.25, 0.3) is 67.5 Å². The smallest absolute Gasteiger partial charge is 0.164 e. The SMILES string of the molecule is Cc1ccc(-c2ccccc2-c2nc(-c3ccccc3)nc(-c3ccc(-c4ccc5c(c4)C(c4ccccc4)(c4ccccc4)c4ccccc4-5)cc3)n2)c(C)n1. The van der Waals surface area contributed by atoms with E-state index >= 15 is 0 Å². The molecule has 0 radical (unpaired) electrons. The Labute approximate surface area is 333 Å². The van der Waals surface area contributed by atoms with Crippen LogP contribution < -0.4 is 0 Å². The molecule has 0 saturated heterocycles. The lowest BCUT2D eigenvalue weighted by atomic mass is 9.67. The highest BCUT2D eigenvalue weighted by Crippen LogP contribution is 2.56. The summed E-state index contributed by atoms with van der Waals surface area (Å²) in [6.07, 6.45) is 0. The lowest BCUT2D eigenvalue weighted by molar-refractivity contribution is 0.769. The van der Waals surface area contributed by atoms with Crippen LogP contribution in [0.4, 0.5) is 0 Å². The number of aromatic nitrogens is 4. The fraction of sp³-hybridized carbons (Fsp3) is 0.0566. The zero-order chi connectivity index (χ0) is 38.3. The number of hydrogen-bond acceptors (Lipinski definition) is 4. The molecule has 1 aliphatic carbocycles. The first-order valence-electron chi connectivity index (χ1n) is 19.4. The molecule has 0 unspecified atom stereocenters. The van der Waals surface area contributed by atoms with Gasteiger partial charge in [0.25, 0.3) is 0 Å². The second kappa shape index (κ2) is 14.1. The van der Waals surface area contributed by atoms with E-state index in [0.29, 0.717) is 17.5 Å². The number of rotatable bonds is 7. The van der Waals surface area contributed by atoms with Gasteiger partial charge in [-0.1, -0.05) is 182 Å². The third-order valence-electron chi connectivity index (χ3n) is 11.3. The summed E-state index contributed by atoms with van der Waals surface area (Å²) in [6.45, 7) is 4.07. The molecule has 4 heteroatoms. The molecule has 57 heavy (non-hydrogen) atoms. The molecule has 9 aromatic rings. The van der Waals surface area contributed by atoms with E-state index in [1.54, 1.807) is 0 Å². The number of benzene rings is 7. The molecule has 7 aromatic carbocycles.